The molecule has 0 spiro atoms. The van der Waals surface area contributed by atoms with Crippen LogP contribution in [0.1, 0.15) is 43.3 Å². The summed E-state index contributed by atoms with van der Waals surface area (Å²) in [5, 5.41) is 5.10. The van der Waals surface area contributed by atoms with Crippen molar-refractivity contribution in [1.82, 2.24) is 14.7 Å². The summed E-state index contributed by atoms with van der Waals surface area (Å²) in [6.45, 7) is 3.03. The maximum Gasteiger partial charge on any atom is 0.124 e. The topological polar surface area (TPSA) is 30.3 Å². The zero-order valence-corrected chi connectivity index (χ0v) is 14.0. The number of hydrogen-bond donors (Lipinski definition) is 0. The van der Waals surface area contributed by atoms with Crippen molar-refractivity contribution >= 4 is 11.6 Å². The number of nitrogens with zero attached hydrogens (tertiary/aromatic N) is 3. The zero-order valence-electron chi connectivity index (χ0n) is 13.2. The largest absolute Gasteiger partial charge is 0.493 e. The molecule has 1 aromatic carbocycles. The first-order chi connectivity index (χ1) is 11.3. The van der Waals surface area contributed by atoms with E-state index in [0.717, 1.165) is 49.7 Å². The summed E-state index contributed by atoms with van der Waals surface area (Å²) in [5.41, 5.74) is 1.35. The maximum absolute atomic E-state index is 6.00. The first-order valence-electron chi connectivity index (χ1n) is 8.47. The van der Waals surface area contributed by atoms with Crippen LogP contribution < -0.4 is 4.74 Å². The highest BCUT2D eigenvalue weighted by molar-refractivity contribution is 6.30. The van der Waals surface area contributed by atoms with Crippen LogP contribution in [0.5, 0.6) is 5.75 Å². The van der Waals surface area contributed by atoms with E-state index in [4.69, 9.17) is 16.3 Å². The summed E-state index contributed by atoms with van der Waals surface area (Å²) < 4.78 is 7.94. The van der Waals surface area contributed by atoms with Gasteiger partial charge in [0.05, 0.1) is 23.9 Å². The molecule has 2 aliphatic heterocycles. The quantitative estimate of drug-likeness (QED) is 0.830. The first kappa shape index (κ1) is 15.0. The second kappa shape index (κ2) is 6.54. The lowest BCUT2D eigenvalue weighted by Crippen LogP contribution is -2.37. The van der Waals surface area contributed by atoms with E-state index in [1.807, 2.05) is 10.9 Å². The summed E-state index contributed by atoms with van der Waals surface area (Å²) in [7, 11) is 0. The monoisotopic (exact) mass is 331 g/mol. The molecule has 5 heteroatoms. The lowest BCUT2D eigenvalue weighted by atomic mass is 9.96. The van der Waals surface area contributed by atoms with Gasteiger partial charge >= 0.3 is 0 Å². The number of piperidine rings is 1. The summed E-state index contributed by atoms with van der Waals surface area (Å²) in [5.74, 6) is 1.07. The number of likely N-dealkylation sites (tertiary alicyclic amines) is 1. The number of hydrogen-bond acceptors (Lipinski definition) is 3. The minimum Gasteiger partial charge on any atom is -0.493 e. The van der Waals surface area contributed by atoms with Gasteiger partial charge in [-0.3, -0.25) is 9.58 Å². The minimum atomic E-state index is 0.469. The highest BCUT2D eigenvalue weighted by Crippen LogP contribution is 2.37. The summed E-state index contributed by atoms with van der Waals surface area (Å²) in [6.07, 6.45) is 8.21. The molecule has 23 heavy (non-hydrogen) atoms. The molecule has 0 unspecified atom stereocenters. The molecule has 0 aliphatic carbocycles. The summed E-state index contributed by atoms with van der Waals surface area (Å²) in [4.78, 5) is 2.62. The molecule has 2 aliphatic rings. The van der Waals surface area contributed by atoms with E-state index in [1.54, 1.807) is 6.20 Å². The number of aromatic nitrogens is 2. The van der Waals surface area contributed by atoms with Gasteiger partial charge in [-0.05, 0) is 31.7 Å². The summed E-state index contributed by atoms with van der Waals surface area (Å²) in [6, 6.07) is 9.47. The van der Waals surface area contributed by atoms with Crippen molar-refractivity contribution in [2.75, 3.05) is 19.7 Å². The molecule has 0 bridgehead atoms. The van der Waals surface area contributed by atoms with Crippen LogP contribution in [0.15, 0.2) is 36.7 Å². The Morgan fingerprint density at radius 1 is 1.13 bits per heavy atom. The van der Waals surface area contributed by atoms with Gasteiger partial charge in [0, 0.05) is 30.9 Å². The summed E-state index contributed by atoms with van der Waals surface area (Å²) >= 11 is 6.00. The SMILES string of the molecule is Clc1cnn(C2CCN([C@H]3CCCOc4ccccc43)CC2)c1. The molecule has 3 heterocycles. The normalized spacial score (nSPS) is 23.1. The van der Waals surface area contributed by atoms with Crippen LogP contribution in [0.2, 0.25) is 5.02 Å². The smallest absolute Gasteiger partial charge is 0.124 e. The number of halogens is 1. The Morgan fingerprint density at radius 3 is 2.74 bits per heavy atom. The van der Waals surface area contributed by atoms with E-state index in [0.29, 0.717) is 12.1 Å². The number of ether oxygens (including phenoxy) is 1. The van der Waals surface area contributed by atoms with Crippen molar-refractivity contribution < 1.29 is 4.74 Å². The van der Waals surface area contributed by atoms with Gasteiger partial charge in [-0.2, -0.15) is 5.10 Å². The van der Waals surface area contributed by atoms with Crippen LogP contribution in [-0.4, -0.2) is 34.4 Å². The van der Waals surface area contributed by atoms with Crippen LogP contribution in [0.25, 0.3) is 0 Å². The zero-order chi connectivity index (χ0) is 15.6. The average molecular weight is 332 g/mol. The third kappa shape index (κ3) is 3.10. The Hall–Kier alpha value is -1.52. The van der Waals surface area contributed by atoms with Crippen molar-refractivity contribution in [3.05, 3.63) is 47.2 Å². The molecule has 1 aromatic heterocycles. The van der Waals surface area contributed by atoms with Crippen molar-refractivity contribution in [2.24, 2.45) is 0 Å². The number of benzene rings is 1. The fourth-order valence-corrected chi connectivity index (χ4v) is 4.00. The van der Waals surface area contributed by atoms with Gasteiger partial charge < -0.3 is 4.74 Å². The molecule has 122 valence electrons. The highest BCUT2D eigenvalue weighted by Gasteiger charge is 2.29. The van der Waals surface area contributed by atoms with E-state index in [1.165, 1.54) is 12.0 Å². The van der Waals surface area contributed by atoms with E-state index < -0.39 is 0 Å². The molecular formula is C18H22ClN3O. The molecule has 0 saturated carbocycles. The third-order valence-electron chi connectivity index (χ3n) is 5.04. The molecule has 0 amide bonds. The molecule has 4 rings (SSSR count). The second-order valence-electron chi connectivity index (χ2n) is 6.45. The van der Waals surface area contributed by atoms with Gasteiger partial charge in [0.2, 0.25) is 0 Å². The number of rotatable bonds is 2. The van der Waals surface area contributed by atoms with Crippen molar-refractivity contribution in [3.8, 4) is 5.75 Å². The molecular weight excluding hydrogens is 310 g/mol. The lowest BCUT2D eigenvalue weighted by molar-refractivity contribution is 0.124. The van der Waals surface area contributed by atoms with Crippen LogP contribution in [0.3, 0.4) is 0 Å². The Bertz CT molecular complexity index is 664. The van der Waals surface area contributed by atoms with Crippen LogP contribution in [0, 0.1) is 0 Å². The van der Waals surface area contributed by atoms with Crippen LogP contribution in [-0.2, 0) is 0 Å². The Balaban J connectivity index is 1.48. The Kier molecular flexibility index (Phi) is 4.27. The van der Waals surface area contributed by atoms with Gasteiger partial charge in [-0.1, -0.05) is 29.8 Å². The van der Waals surface area contributed by atoms with Crippen LogP contribution >= 0.6 is 11.6 Å². The van der Waals surface area contributed by atoms with E-state index >= 15 is 0 Å². The fourth-order valence-electron chi connectivity index (χ4n) is 3.86. The van der Waals surface area contributed by atoms with E-state index in [9.17, 15) is 0 Å². The minimum absolute atomic E-state index is 0.469. The van der Waals surface area contributed by atoms with Gasteiger partial charge in [0.15, 0.2) is 0 Å². The molecule has 2 aromatic rings. The van der Waals surface area contributed by atoms with Gasteiger partial charge in [0.1, 0.15) is 5.75 Å². The lowest BCUT2D eigenvalue weighted by Gasteiger charge is -2.37. The fraction of sp³-hybridized carbons (Fsp3) is 0.500. The molecule has 1 saturated heterocycles. The van der Waals surface area contributed by atoms with Crippen LogP contribution in [0.4, 0.5) is 0 Å². The molecule has 1 fully saturated rings. The molecule has 1 atom stereocenters. The van der Waals surface area contributed by atoms with Gasteiger partial charge in [-0.15, -0.1) is 0 Å². The molecule has 4 nitrogen and oxygen atoms in total. The predicted molar refractivity (Wildman–Crippen MR) is 91.0 cm³/mol. The number of fused-ring (bicyclic) bond motifs is 1. The van der Waals surface area contributed by atoms with Crippen molar-refractivity contribution in [1.29, 1.82) is 0 Å². The van der Waals surface area contributed by atoms with Gasteiger partial charge in [-0.25, -0.2) is 0 Å². The third-order valence-corrected chi connectivity index (χ3v) is 5.24. The van der Waals surface area contributed by atoms with Crippen molar-refractivity contribution in [3.63, 3.8) is 0 Å². The Labute approximate surface area is 142 Å². The Morgan fingerprint density at radius 2 is 1.96 bits per heavy atom. The standard InChI is InChI=1S/C18H22ClN3O/c19-14-12-20-22(13-14)15-7-9-21(10-8-15)17-5-3-11-23-18-6-2-1-4-16(17)18/h1-2,4,6,12-13,15,17H,3,5,7-11H2/t17-/m0/s1. The predicted octanol–water partition coefficient (Wildman–Crippen LogP) is 4.09. The van der Waals surface area contributed by atoms with E-state index in [2.05, 4.69) is 34.3 Å². The van der Waals surface area contributed by atoms with E-state index in [-0.39, 0.29) is 0 Å². The first-order valence-corrected chi connectivity index (χ1v) is 8.84. The molecule has 0 N–H and O–H groups in total. The van der Waals surface area contributed by atoms with Crippen molar-refractivity contribution in [2.45, 2.75) is 37.8 Å². The second-order valence-corrected chi connectivity index (χ2v) is 6.89. The molecule has 0 radical (unpaired) electrons. The number of para-hydroxylation sites is 1. The maximum atomic E-state index is 6.00. The van der Waals surface area contributed by atoms with Gasteiger partial charge in [0.25, 0.3) is 0 Å². The average Bonchev–Trinajstić information content (AvgIpc) is 2.91. The highest BCUT2D eigenvalue weighted by atomic mass is 35.5.